The third-order valence-electron chi connectivity index (χ3n) is 1.31. The lowest BCUT2D eigenvalue weighted by Gasteiger charge is -1.99. The van der Waals surface area contributed by atoms with E-state index in [4.69, 9.17) is 0 Å². The summed E-state index contributed by atoms with van der Waals surface area (Å²) in [5, 5.41) is 0. The molecule has 0 heterocycles. The molecule has 0 aliphatic carbocycles. The van der Waals surface area contributed by atoms with Crippen LogP contribution in [-0.4, -0.2) is 5.78 Å². The molecule has 1 nitrogen and oxygen atoms in total. The molecule has 11 heavy (non-hydrogen) atoms. The molecular formula is C8H6BrIO. The predicted molar refractivity (Wildman–Crippen MR) is 56.9 cm³/mol. The van der Waals surface area contributed by atoms with Gasteiger partial charge in [-0.1, -0.05) is 15.9 Å². The molecule has 58 valence electrons. The van der Waals surface area contributed by atoms with E-state index in [9.17, 15) is 4.79 Å². The Morgan fingerprint density at radius 2 is 2.18 bits per heavy atom. The molecule has 0 unspecified atom stereocenters. The van der Waals surface area contributed by atoms with Gasteiger partial charge < -0.3 is 0 Å². The van der Waals surface area contributed by atoms with Crippen molar-refractivity contribution in [2.45, 2.75) is 6.92 Å². The highest BCUT2D eigenvalue weighted by Crippen LogP contribution is 2.19. The van der Waals surface area contributed by atoms with E-state index in [1.54, 1.807) is 6.92 Å². The van der Waals surface area contributed by atoms with Crippen molar-refractivity contribution in [3.8, 4) is 0 Å². The van der Waals surface area contributed by atoms with Gasteiger partial charge in [0.05, 0.1) is 0 Å². The van der Waals surface area contributed by atoms with E-state index in [0.29, 0.717) is 0 Å². The number of Topliss-reactive ketones (excluding diaryl/α,β-unsaturated/α-hetero) is 1. The lowest BCUT2D eigenvalue weighted by Crippen LogP contribution is -1.93. The first-order valence-electron chi connectivity index (χ1n) is 3.07. The van der Waals surface area contributed by atoms with E-state index in [2.05, 4.69) is 38.5 Å². The Labute approximate surface area is 87.5 Å². The van der Waals surface area contributed by atoms with Crippen molar-refractivity contribution in [2.75, 3.05) is 0 Å². The molecule has 0 aliphatic heterocycles. The topological polar surface area (TPSA) is 17.1 Å². The fourth-order valence-electron chi connectivity index (χ4n) is 0.767. The van der Waals surface area contributed by atoms with Crippen molar-refractivity contribution in [3.05, 3.63) is 31.8 Å². The fourth-order valence-corrected chi connectivity index (χ4v) is 1.78. The van der Waals surface area contributed by atoms with Crippen LogP contribution >= 0.6 is 38.5 Å². The Morgan fingerprint density at radius 3 is 2.64 bits per heavy atom. The van der Waals surface area contributed by atoms with E-state index in [0.717, 1.165) is 13.6 Å². The van der Waals surface area contributed by atoms with Crippen LogP contribution in [0, 0.1) is 3.57 Å². The molecule has 0 atom stereocenters. The summed E-state index contributed by atoms with van der Waals surface area (Å²) in [6.07, 6.45) is 0. The highest BCUT2D eigenvalue weighted by molar-refractivity contribution is 14.1. The molecule has 0 saturated carbocycles. The molecule has 0 aliphatic rings. The molecule has 1 aromatic carbocycles. The zero-order valence-electron chi connectivity index (χ0n) is 5.90. The smallest absolute Gasteiger partial charge is 0.160 e. The highest BCUT2D eigenvalue weighted by atomic mass is 127. The van der Waals surface area contributed by atoms with Crippen LogP contribution in [0.15, 0.2) is 22.7 Å². The summed E-state index contributed by atoms with van der Waals surface area (Å²) < 4.78 is 1.95. The summed E-state index contributed by atoms with van der Waals surface area (Å²) in [4.78, 5) is 11.0. The van der Waals surface area contributed by atoms with Gasteiger partial charge in [0.2, 0.25) is 0 Å². The standard InChI is InChI=1S/C8H6BrIO/c1-5(11)7-4-6(10)2-3-8(7)9/h2-4H,1H3. The molecule has 0 bridgehead atoms. The summed E-state index contributed by atoms with van der Waals surface area (Å²) in [5.41, 5.74) is 0.747. The van der Waals surface area contributed by atoms with Gasteiger partial charge in [-0.3, -0.25) is 4.79 Å². The third kappa shape index (κ3) is 2.27. The zero-order valence-corrected chi connectivity index (χ0v) is 9.64. The number of hydrogen-bond acceptors (Lipinski definition) is 1. The van der Waals surface area contributed by atoms with Gasteiger partial charge in [0.25, 0.3) is 0 Å². The molecule has 0 fully saturated rings. The Bertz CT molecular complexity index is 296. The second kappa shape index (κ2) is 3.67. The highest BCUT2D eigenvalue weighted by Gasteiger charge is 2.04. The van der Waals surface area contributed by atoms with Crippen LogP contribution in [0.25, 0.3) is 0 Å². The van der Waals surface area contributed by atoms with Crippen molar-refractivity contribution < 1.29 is 4.79 Å². The number of halogens is 2. The lowest BCUT2D eigenvalue weighted by molar-refractivity contribution is 0.101. The molecule has 0 N–H and O–H groups in total. The second-order valence-electron chi connectivity index (χ2n) is 2.18. The maximum Gasteiger partial charge on any atom is 0.160 e. The molecule has 0 amide bonds. The molecule has 0 saturated heterocycles. The average molecular weight is 325 g/mol. The van der Waals surface area contributed by atoms with Gasteiger partial charge in [-0.15, -0.1) is 0 Å². The van der Waals surface area contributed by atoms with Crippen LogP contribution in [0.4, 0.5) is 0 Å². The van der Waals surface area contributed by atoms with Gasteiger partial charge in [0.15, 0.2) is 5.78 Å². The summed E-state index contributed by atoms with van der Waals surface area (Å²) in [6, 6.07) is 5.71. The van der Waals surface area contributed by atoms with Crippen molar-refractivity contribution in [2.24, 2.45) is 0 Å². The number of carbonyl (C=O) groups excluding carboxylic acids is 1. The number of rotatable bonds is 1. The second-order valence-corrected chi connectivity index (χ2v) is 4.28. The maximum atomic E-state index is 11.0. The molecule has 0 aromatic heterocycles. The Kier molecular flexibility index (Phi) is 3.06. The largest absolute Gasteiger partial charge is 0.294 e. The number of benzene rings is 1. The van der Waals surface area contributed by atoms with Gasteiger partial charge >= 0.3 is 0 Å². The molecule has 0 radical (unpaired) electrons. The van der Waals surface area contributed by atoms with E-state index in [1.807, 2.05) is 18.2 Å². The third-order valence-corrected chi connectivity index (χ3v) is 2.67. The molecule has 1 rings (SSSR count). The summed E-state index contributed by atoms with van der Waals surface area (Å²) in [6.45, 7) is 1.57. The Hall–Kier alpha value is 0.1000. The van der Waals surface area contributed by atoms with E-state index in [1.165, 1.54) is 0 Å². The molecule has 3 heteroatoms. The first-order valence-corrected chi connectivity index (χ1v) is 4.94. The lowest BCUT2D eigenvalue weighted by atomic mass is 10.2. The van der Waals surface area contributed by atoms with Crippen molar-refractivity contribution in [1.82, 2.24) is 0 Å². The van der Waals surface area contributed by atoms with Crippen LogP contribution in [0.1, 0.15) is 17.3 Å². The van der Waals surface area contributed by atoms with Gasteiger partial charge in [-0.25, -0.2) is 0 Å². The molecule has 0 spiro atoms. The first-order chi connectivity index (χ1) is 5.11. The molecule has 1 aromatic rings. The summed E-state index contributed by atoms with van der Waals surface area (Å²) in [7, 11) is 0. The van der Waals surface area contributed by atoms with Gasteiger partial charge in [-0.05, 0) is 47.7 Å². The van der Waals surface area contributed by atoms with E-state index < -0.39 is 0 Å². The monoisotopic (exact) mass is 324 g/mol. The normalized spacial score (nSPS) is 9.73. The SMILES string of the molecule is CC(=O)c1cc(I)ccc1Br. The average Bonchev–Trinajstić information content (AvgIpc) is 1.94. The van der Waals surface area contributed by atoms with Crippen molar-refractivity contribution in [1.29, 1.82) is 0 Å². The first kappa shape index (κ1) is 9.19. The Balaban J connectivity index is 3.23. The van der Waals surface area contributed by atoms with E-state index >= 15 is 0 Å². The van der Waals surface area contributed by atoms with Crippen molar-refractivity contribution >= 4 is 44.3 Å². The van der Waals surface area contributed by atoms with Gasteiger partial charge in [-0.2, -0.15) is 0 Å². The minimum Gasteiger partial charge on any atom is -0.294 e. The van der Waals surface area contributed by atoms with Crippen LogP contribution in [-0.2, 0) is 0 Å². The van der Waals surface area contributed by atoms with Crippen LogP contribution in [0.2, 0.25) is 0 Å². The molecular weight excluding hydrogens is 319 g/mol. The Morgan fingerprint density at radius 1 is 1.55 bits per heavy atom. The minimum absolute atomic E-state index is 0.0930. The quantitative estimate of drug-likeness (QED) is 0.572. The summed E-state index contributed by atoms with van der Waals surface area (Å²) >= 11 is 5.49. The zero-order chi connectivity index (χ0) is 8.43. The number of ketones is 1. The van der Waals surface area contributed by atoms with Gasteiger partial charge in [0, 0.05) is 13.6 Å². The van der Waals surface area contributed by atoms with Crippen LogP contribution in [0.5, 0.6) is 0 Å². The van der Waals surface area contributed by atoms with E-state index in [-0.39, 0.29) is 5.78 Å². The predicted octanol–water partition coefficient (Wildman–Crippen LogP) is 3.26. The van der Waals surface area contributed by atoms with Gasteiger partial charge in [0.1, 0.15) is 0 Å². The van der Waals surface area contributed by atoms with Crippen molar-refractivity contribution in [3.63, 3.8) is 0 Å². The summed E-state index contributed by atoms with van der Waals surface area (Å²) in [5.74, 6) is 0.0930. The maximum absolute atomic E-state index is 11.0. The minimum atomic E-state index is 0.0930. The number of hydrogen-bond donors (Lipinski definition) is 0. The number of carbonyl (C=O) groups is 1. The van der Waals surface area contributed by atoms with Crippen LogP contribution in [0.3, 0.4) is 0 Å². The fraction of sp³-hybridized carbons (Fsp3) is 0.125. The van der Waals surface area contributed by atoms with Crippen LogP contribution < -0.4 is 0 Å².